The van der Waals surface area contributed by atoms with E-state index in [1.165, 1.54) is 112 Å². The molecule has 0 spiro atoms. The van der Waals surface area contributed by atoms with Crippen LogP contribution in [-0.4, -0.2) is 13.3 Å². The number of fused-ring (bicyclic) bond motifs is 10. The van der Waals surface area contributed by atoms with Crippen LogP contribution in [0.25, 0.3) is 116 Å². The lowest BCUT2D eigenvalue weighted by Crippen LogP contribution is -2.28. The van der Waals surface area contributed by atoms with Crippen LogP contribution in [0, 0.1) is 0 Å². The fraction of sp³-hybridized carbons (Fsp3) is 0.0204. The first-order valence-electron chi connectivity index (χ1n) is 35.3. The van der Waals surface area contributed by atoms with Crippen molar-refractivity contribution in [2.24, 2.45) is 0 Å². The summed E-state index contributed by atoms with van der Waals surface area (Å²) >= 11 is 1.26. The van der Waals surface area contributed by atoms with Crippen molar-refractivity contribution in [1.29, 1.82) is 0 Å². The summed E-state index contributed by atoms with van der Waals surface area (Å²) in [5, 5.41) is 2.42. The third kappa shape index (κ3) is 9.51. The summed E-state index contributed by atoms with van der Waals surface area (Å²) in [5.74, 6) is 0. The molecule has 4 nitrogen and oxygen atoms in total. The van der Waals surface area contributed by atoms with Crippen molar-refractivity contribution in [3.05, 3.63) is 433 Å². The zero-order valence-corrected chi connectivity index (χ0v) is 57.0. The number of benzene rings is 16. The molecular formula is C98H64N4S. The maximum Gasteiger partial charge on any atom is 0.129 e. The van der Waals surface area contributed by atoms with Gasteiger partial charge < -0.3 is 9.47 Å². The van der Waals surface area contributed by atoms with Gasteiger partial charge in [0.05, 0.1) is 39.3 Å². The molecule has 0 saturated heterocycles. The molecule has 2 aliphatic carbocycles. The molecule has 0 amide bonds. The van der Waals surface area contributed by atoms with E-state index in [4.69, 9.17) is 8.75 Å². The second kappa shape index (κ2) is 24.4. The van der Waals surface area contributed by atoms with Crippen molar-refractivity contribution >= 4 is 61.6 Å². The molecule has 0 unspecified atom stereocenters. The molecule has 0 N–H and O–H groups in total. The normalized spacial score (nSPS) is 13.0. The topological polar surface area (TPSA) is 34.0 Å². The minimum absolute atomic E-state index is 0.514. The van der Waals surface area contributed by atoms with E-state index >= 15 is 0 Å². The lowest BCUT2D eigenvalue weighted by molar-refractivity contribution is 0.769. The quantitative estimate of drug-likeness (QED) is 0.115. The summed E-state index contributed by atoms with van der Waals surface area (Å²) in [7, 11) is 0. The van der Waals surface area contributed by atoms with E-state index in [1.807, 2.05) is 0 Å². The summed E-state index contributed by atoms with van der Waals surface area (Å²) in [6.07, 6.45) is 0. The molecule has 18 aromatic rings. The molecule has 0 bridgehead atoms. The van der Waals surface area contributed by atoms with Crippen LogP contribution in [0.4, 0.5) is 17.1 Å². The van der Waals surface area contributed by atoms with E-state index in [-0.39, 0.29) is 0 Å². The zero-order valence-electron chi connectivity index (χ0n) is 56.1. The first-order chi connectivity index (χ1) is 51.1. The maximum absolute atomic E-state index is 5.20. The first-order valence-corrected chi connectivity index (χ1v) is 36.1. The van der Waals surface area contributed by atoms with E-state index in [0.29, 0.717) is 0 Å². The largest absolute Gasteiger partial charge is 0.309 e. The highest BCUT2D eigenvalue weighted by molar-refractivity contribution is 7.00. The molecular weight excluding hydrogens is 1270 g/mol. The van der Waals surface area contributed by atoms with Gasteiger partial charge in [-0.3, -0.25) is 0 Å². The van der Waals surface area contributed by atoms with Crippen LogP contribution >= 0.6 is 11.7 Å². The lowest BCUT2D eigenvalue weighted by Gasteiger charge is -2.34. The molecule has 482 valence electrons. The molecule has 2 aliphatic rings. The van der Waals surface area contributed by atoms with E-state index in [9.17, 15) is 0 Å². The first kappa shape index (κ1) is 59.9. The third-order valence-corrected chi connectivity index (χ3v) is 22.4. The third-order valence-electron chi connectivity index (χ3n) is 21.9. The second-order valence-corrected chi connectivity index (χ2v) is 27.7. The van der Waals surface area contributed by atoms with E-state index < -0.39 is 10.8 Å². The number of anilines is 3. The van der Waals surface area contributed by atoms with Gasteiger partial charge in [0.2, 0.25) is 0 Å². The van der Waals surface area contributed by atoms with Gasteiger partial charge in [-0.2, -0.15) is 8.75 Å². The van der Waals surface area contributed by atoms with Crippen LogP contribution in [0.1, 0.15) is 44.5 Å². The fourth-order valence-corrected chi connectivity index (χ4v) is 17.8. The molecule has 103 heavy (non-hydrogen) atoms. The van der Waals surface area contributed by atoms with Gasteiger partial charge in [0.25, 0.3) is 0 Å². The minimum atomic E-state index is -0.514. The molecule has 5 heteroatoms. The van der Waals surface area contributed by atoms with Crippen molar-refractivity contribution in [2.45, 2.75) is 10.8 Å². The van der Waals surface area contributed by atoms with Gasteiger partial charge in [-0.05, 0) is 202 Å². The smallest absolute Gasteiger partial charge is 0.129 e. The molecule has 0 fully saturated rings. The molecule has 0 atom stereocenters. The van der Waals surface area contributed by atoms with Crippen LogP contribution in [0.2, 0.25) is 0 Å². The minimum Gasteiger partial charge on any atom is -0.309 e. The van der Waals surface area contributed by atoms with Gasteiger partial charge in [0.15, 0.2) is 0 Å². The number of nitrogens with zero attached hydrogens (tertiary/aromatic N) is 4. The summed E-state index contributed by atoms with van der Waals surface area (Å²) in [6, 6.07) is 143. The fourth-order valence-electron chi connectivity index (χ4n) is 17.3. The lowest BCUT2D eigenvalue weighted by atomic mass is 9.67. The Morgan fingerprint density at radius 3 is 1.01 bits per heavy atom. The molecule has 0 radical (unpaired) electrons. The number of rotatable bonds is 13. The predicted molar refractivity (Wildman–Crippen MR) is 428 cm³/mol. The van der Waals surface area contributed by atoms with Crippen LogP contribution < -0.4 is 4.90 Å². The highest BCUT2D eigenvalue weighted by atomic mass is 32.1. The Morgan fingerprint density at radius 2 is 0.573 bits per heavy atom. The van der Waals surface area contributed by atoms with Crippen molar-refractivity contribution in [3.63, 3.8) is 0 Å². The average Bonchev–Trinajstić information content (AvgIpc) is 1.55. The summed E-state index contributed by atoms with van der Waals surface area (Å²) in [6.45, 7) is 0. The van der Waals surface area contributed by atoms with Gasteiger partial charge in [0.1, 0.15) is 11.0 Å². The summed E-state index contributed by atoms with van der Waals surface area (Å²) < 4.78 is 12.8. The number of hydrogen-bond donors (Lipinski definition) is 0. The van der Waals surface area contributed by atoms with Crippen LogP contribution in [-0.2, 0) is 10.8 Å². The molecule has 20 rings (SSSR count). The van der Waals surface area contributed by atoms with E-state index in [0.717, 1.165) is 78.2 Å². The van der Waals surface area contributed by atoms with Crippen LogP contribution in [0.3, 0.4) is 0 Å². The molecule has 2 aromatic heterocycles. The van der Waals surface area contributed by atoms with Gasteiger partial charge in [0, 0.05) is 33.4 Å². The Bertz CT molecular complexity index is 5850. The summed E-state index contributed by atoms with van der Waals surface area (Å²) in [5.41, 5.74) is 33.6. The second-order valence-electron chi connectivity index (χ2n) is 27.2. The monoisotopic (exact) mass is 1330 g/mol. The molecule has 16 aromatic carbocycles. The Hall–Kier alpha value is -13.1. The van der Waals surface area contributed by atoms with Crippen LogP contribution in [0.15, 0.2) is 388 Å². The van der Waals surface area contributed by atoms with Gasteiger partial charge in [-0.1, -0.05) is 303 Å². The van der Waals surface area contributed by atoms with Gasteiger partial charge >= 0.3 is 0 Å². The van der Waals surface area contributed by atoms with Crippen molar-refractivity contribution in [1.82, 2.24) is 13.3 Å². The Morgan fingerprint density at radius 1 is 0.243 bits per heavy atom. The van der Waals surface area contributed by atoms with Gasteiger partial charge in [-0.15, -0.1) is 0 Å². The molecule has 0 saturated carbocycles. The van der Waals surface area contributed by atoms with E-state index in [1.54, 1.807) is 0 Å². The SMILES string of the molecule is c1ccc(-c2ccc3c(c2)c2cc(-c4ccccc4)ccc2n3-c2ccc(-c3ccc(N(c4ccc(-c5ccc6c(c5)C(c5ccccc5)(c5ccccc5)c5ccccc5-6)cc4)c4ccc(-c5ccc6c(c5)C(c5ccccc5)(c5ccccc5)c5ccccc5-6)cc4)c4nsnc34)cc2)cc1. The van der Waals surface area contributed by atoms with Gasteiger partial charge in [-0.25, -0.2) is 0 Å². The van der Waals surface area contributed by atoms with Crippen LogP contribution in [0.5, 0.6) is 0 Å². The Balaban J connectivity index is 0.703. The number of hydrogen-bond acceptors (Lipinski definition) is 4. The van der Waals surface area contributed by atoms with Crippen molar-refractivity contribution in [2.75, 3.05) is 4.90 Å². The molecule has 0 aliphatic heterocycles. The average molecular weight is 1330 g/mol. The zero-order chi connectivity index (χ0) is 68.0. The van der Waals surface area contributed by atoms with Crippen molar-refractivity contribution < 1.29 is 0 Å². The predicted octanol–water partition coefficient (Wildman–Crippen LogP) is 25.3. The Kier molecular flexibility index (Phi) is 14.2. The van der Waals surface area contributed by atoms with E-state index in [2.05, 4.69) is 398 Å². The Labute approximate surface area is 603 Å². The molecule has 2 heterocycles. The summed E-state index contributed by atoms with van der Waals surface area (Å²) in [4.78, 5) is 2.36. The maximum atomic E-state index is 5.20. The van der Waals surface area contributed by atoms with Crippen molar-refractivity contribution in [3.8, 4) is 83.6 Å². The standard InChI is InChI=1S/C98H64N4S/c1-7-23-65(24-8-1)70-47-58-92-86(61-70)87-62-71(66-25-9-2-10-26-66)48-59-93(87)102(92)80-53-43-69(44-54-80)81-57-60-94(96-95(81)99-103-100-96)101(78-49-39-67(40-50-78)72-45-55-84-82-35-19-21-37-88(82)97(90(84)63-72,74-27-11-3-12-28-74)75-29-13-4-14-30-75)79-51-41-68(42-52-79)73-46-56-85-83-36-20-22-38-89(83)98(91(85)64-73,76-31-15-5-16-32-76)77-33-17-6-18-34-77/h1-64H. The highest BCUT2D eigenvalue weighted by Gasteiger charge is 2.48. The highest BCUT2D eigenvalue weighted by Crippen LogP contribution is 2.59. The number of aromatic nitrogens is 3.